The smallest absolute Gasteiger partial charge is 0.289 e. The Morgan fingerprint density at radius 3 is 2.47 bits per heavy atom. The highest BCUT2D eigenvalue weighted by molar-refractivity contribution is 6.38. The van der Waals surface area contributed by atoms with Crippen molar-refractivity contribution in [2.24, 2.45) is 23.2 Å². The molecule has 0 aromatic heterocycles. The molecule has 2 aliphatic heterocycles. The van der Waals surface area contributed by atoms with E-state index in [1.54, 1.807) is 24.3 Å². The lowest BCUT2D eigenvalue weighted by Crippen LogP contribution is -2.56. The number of carbonyl (C=O) groups is 5. The number of nitrogens with one attached hydrogen (secondary N) is 3. The fraction of sp³-hybridized carbons (Fsp3) is 0.452. The lowest BCUT2D eigenvalue weighted by molar-refractivity contribution is -0.144. The number of hydrogen-bond acceptors (Lipinski definition) is 6. The van der Waals surface area contributed by atoms with Gasteiger partial charge >= 0.3 is 0 Å². The number of ether oxygens (including phenoxy) is 1. The minimum absolute atomic E-state index is 0.0249. The molecule has 0 bridgehead atoms. The molecular weight excluding hydrogens is 562 g/mol. The van der Waals surface area contributed by atoms with Gasteiger partial charge in [-0.15, -0.1) is 0 Å². The van der Waals surface area contributed by atoms with Crippen molar-refractivity contribution in [2.75, 3.05) is 26.7 Å². The molecule has 5 rings (SSSR count). The summed E-state index contributed by atoms with van der Waals surface area (Å²) in [7, 11) is 1.31. The Bertz CT molecular complexity index is 1460. The van der Waals surface area contributed by atoms with Crippen LogP contribution in [0.4, 0.5) is 8.78 Å². The molecule has 2 aromatic carbocycles. The van der Waals surface area contributed by atoms with Gasteiger partial charge in [-0.1, -0.05) is 26.0 Å². The van der Waals surface area contributed by atoms with Gasteiger partial charge in [-0.05, 0) is 59.9 Å². The monoisotopic (exact) mass is 596 g/mol. The van der Waals surface area contributed by atoms with Crippen molar-refractivity contribution in [3.63, 3.8) is 0 Å². The summed E-state index contributed by atoms with van der Waals surface area (Å²) in [5.74, 6) is -4.59. The van der Waals surface area contributed by atoms with E-state index in [9.17, 15) is 32.8 Å². The summed E-state index contributed by atoms with van der Waals surface area (Å²) in [6.45, 7) is 4.45. The highest BCUT2D eigenvalue weighted by atomic mass is 19.1. The summed E-state index contributed by atoms with van der Waals surface area (Å²) in [6, 6.07) is 7.51. The van der Waals surface area contributed by atoms with Crippen LogP contribution in [0.1, 0.15) is 26.7 Å². The quantitative estimate of drug-likeness (QED) is 0.359. The Morgan fingerprint density at radius 2 is 1.84 bits per heavy atom. The van der Waals surface area contributed by atoms with E-state index >= 15 is 0 Å². The van der Waals surface area contributed by atoms with Crippen molar-refractivity contribution in [2.45, 2.75) is 38.8 Å². The third kappa shape index (κ3) is 5.95. The second kappa shape index (κ2) is 11.7. The molecule has 2 aromatic rings. The van der Waals surface area contributed by atoms with Crippen molar-refractivity contribution in [3.05, 3.63) is 54.1 Å². The standard InChI is InChI=1S/C31H34F2N4O6/c1-31(2)21-14-37(24(38)15-43-19-7-4-16(5-8-19)20-9-6-18(32)13-22(20)33)26(25(21)31)29(41)36-23(27(39)30(42)34-3)12-17-10-11-35-28(17)40/h4-9,13,17,21,23,25-26H,10-12,14-15H2,1-3H3,(H,34,42)(H,35,40)(H,36,41)/t17-,21-,23-,25-,26-/m0/s1. The first kappa shape index (κ1) is 30.1. The molecule has 10 nitrogen and oxygen atoms in total. The molecule has 3 aliphatic rings. The van der Waals surface area contributed by atoms with Gasteiger partial charge in [0.25, 0.3) is 11.8 Å². The third-order valence-corrected chi connectivity index (χ3v) is 9.02. The molecule has 0 radical (unpaired) electrons. The van der Waals surface area contributed by atoms with Crippen molar-refractivity contribution >= 4 is 29.4 Å². The number of ketones is 1. The minimum atomic E-state index is -1.22. The van der Waals surface area contributed by atoms with Crippen LogP contribution in [0.15, 0.2) is 42.5 Å². The number of Topliss-reactive ketones (excluding diaryl/α,β-unsaturated/α-hetero) is 1. The maximum Gasteiger partial charge on any atom is 0.289 e. The molecule has 3 N–H and O–H groups in total. The molecule has 228 valence electrons. The number of hydrogen-bond donors (Lipinski definition) is 3. The van der Waals surface area contributed by atoms with Gasteiger partial charge in [0.1, 0.15) is 23.4 Å². The number of halogens is 2. The number of fused-ring (bicyclic) bond motifs is 1. The zero-order valence-electron chi connectivity index (χ0n) is 24.1. The van der Waals surface area contributed by atoms with Crippen LogP contribution in [-0.4, -0.2) is 73.1 Å². The maximum absolute atomic E-state index is 14.1. The van der Waals surface area contributed by atoms with Gasteiger partial charge in [0, 0.05) is 37.7 Å². The molecule has 1 saturated carbocycles. The molecule has 5 atom stereocenters. The second-order valence-electron chi connectivity index (χ2n) is 11.9. The fourth-order valence-corrected chi connectivity index (χ4v) is 6.45. The Balaban J connectivity index is 1.26. The van der Waals surface area contributed by atoms with Crippen molar-refractivity contribution in [1.29, 1.82) is 0 Å². The zero-order valence-corrected chi connectivity index (χ0v) is 24.1. The zero-order chi connectivity index (χ0) is 31.1. The number of benzene rings is 2. The van der Waals surface area contributed by atoms with E-state index < -0.39 is 53.1 Å². The van der Waals surface area contributed by atoms with Crippen molar-refractivity contribution < 1.29 is 37.5 Å². The highest BCUT2D eigenvalue weighted by Crippen LogP contribution is 2.64. The molecule has 0 spiro atoms. The average molecular weight is 597 g/mol. The van der Waals surface area contributed by atoms with E-state index in [0.29, 0.717) is 30.8 Å². The van der Waals surface area contributed by atoms with Crippen molar-refractivity contribution in [3.8, 4) is 16.9 Å². The largest absolute Gasteiger partial charge is 0.484 e. The maximum atomic E-state index is 14.1. The van der Waals surface area contributed by atoms with E-state index in [2.05, 4.69) is 16.0 Å². The third-order valence-electron chi connectivity index (χ3n) is 9.02. The predicted octanol–water partition coefficient (Wildman–Crippen LogP) is 1.82. The van der Waals surface area contributed by atoms with Crippen molar-refractivity contribution in [1.82, 2.24) is 20.9 Å². The average Bonchev–Trinajstić information content (AvgIpc) is 3.32. The molecule has 1 aliphatic carbocycles. The molecular formula is C31H34F2N4O6. The van der Waals surface area contributed by atoms with Gasteiger partial charge in [-0.2, -0.15) is 0 Å². The number of nitrogens with zero attached hydrogens (tertiary/aromatic N) is 1. The topological polar surface area (TPSA) is 134 Å². The van der Waals surface area contributed by atoms with E-state index in [1.165, 1.54) is 18.0 Å². The van der Waals surface area contributed by atoms with Crippen LogP contribution < -0.4 is 20.7 Å². The summed E-state index contributed by atoms with van der Waals surface area (Å²) in [4.78, 5) is 65.7. The summed E-state index contributed by atoms with van der Waals surface area (Å²) in [6.07, 6.45) is 0.456. The van der Waals surface area contributed by atoms with Crippen LogP contribution in [0.25, 0.3) is 11.1 Å². The van der Waals surface area contributed by atoms with Crippen LogP contribution in [0.5, 0.6) is 5.75 Å². The predicted molar refractivity (Wildman–Crippen MR) is 150 cm³/mol. The first-order chi connectivity index (χ1) is 20.4. The van der Waals surface area contributed by atoms with Crippen LogP contribution in [0, 0.1) is 34.8 Å². The Labute approximate surface area is 247 Å². The number of likely N-dealkylation sites (tertiary alicyclic amines) is 1. The Morgan fingerprint density at radius 1 is 1.12 bits per heavy atom. The summed E-state index contributed by atoms with van der Waals surface area (Å²) in [5.41, 5.74) is 0.528. The number of piperidine rings is 1. The Kier molecular flexibility index (Phi) is 8.22. The number of rotatable bonds is 10. The molecule has 12 heteroatoms. The molecule has 3 fully saturated rings. The molecule has 2 saturated heterocycles. The van der Waals surface area contributed by atoms with Gasteiger partial charge in [-0.25, -0.2) is 8.78 Å². The normalized spacial score (nSPS) is 24.0. The van der Waals surface area contributed by atoms with Gasteiger partial charge in [0.2, 0.25) is 17.6 Å². The molecule has 4 amide bonds. The number of carbonyl (C=O) groups excluding carboxylic acids is 5. The lowest BCUT2D eigenvalue weighted by atomic mass is 9.94. The first-order valence-corrected chi connectivity index (χ1v) is 14.2. The summed E-state index contributed by atoms with van der Waals surface area (Å²) in [5, 5.41) is 7.66. The van der Waals surface area contributed by atoms with Gasteiger partial charge < -0.3 is 25.6 Å². The Hall–Kier alpha value is -4.35. The number of amides is 4. The van der Waals surface area contributed by atoms with Crippen LogP contribution in [0.2, 0.25) is 0 Å². The molecule has 43 heavy (non-hydrogen) atoms. The first-order valence-electron chi connectivity index (χ1n) is 14.2. The molecule has 2 heterocycles. The minimum Gasteiger partial charge on any atom is -0.484 e. The van der Waals surface area contributed by atoms with E-state index in [4.69, 9.17) is 4.74 Å². The fourth-order valence-electron chi connectivity index (χ4n) is 6.45. The van der Waals surface area contributed by atoms with Crippen LogP contribution in [0.3, 0.4) is 0 Å². The van der Waals surface area contributed by atoms with Gasteiger partial charge in [0.05, 0.1) is 6.04 Å². The lowest BCUT2D eigenvalue weighted by Gasteiger charge is -2.31. The SMILES string of the molecule is CNC(=O)C(=O)[C@H](C[C@@H]1CCNC1=O)NC(=O)[C@@H]1[C@@H]2[C@H](CN1C(=O)COc1ccc(-c3ccc(F)cc3F)cc1)C2(C)C. The van der Waals surface area contributed by atoms with Crippen LogP contribution >= 0.6 is 0 Å². The van der Waals surface area contributed by atoms with E-state index in [-0.39, 0.29) is 41.7 Å². The number of likely N-dealkylation sites (N-methyl/N-ethyl adjacent to an activating group) is 1. The van der Waals surface area contributed by atoms with Crippen LogP contribution in [-0.2, 0) is 24.0 Å². The molecule has 0 unspecified atom stereocenters. The highest BCUT2D eigenvalue weighted by Gasteiger charge is 2.69. The van der Waals surface area contributed by atoms with E-state index in [0.717, 1.165) is 12.1 Å². The van der Waals surface area contributed by atoms with Gasteiger partial charge in [0.15, 0.2) is 6.61 Å². The second-order valence-corrected chi connectivity index (χ2v) is 11.9. The summed E-state index contributed by atoms with van der Waals surface area (Å²) < 4.78 is 33.1. The van der Waals surface area contributed by atoms with Gasteiger partial charge in [-0.3, -0.25) is 24.0 Å². The summed E-state index contributed by atoms with van der Waals surface area (Å²) >= 11 is 0. The van der Waals surface area contributed by atoms with E-state index in [1.807, 2.05) is 13.8 Å².